The van der Waals surface area contributed by atoms with Crippen LogP contribution in [-0.4, -0.2) is 5.11 Å². The number of rotatable bonds is 1. The standard InChI is InChI=1S/C15H9BrO3/c16-11-3-1-9(2-4-11)13-8-10-7-12(17)5-6-14(10)19-15(13)18/h1-8,17H. The van der Waals surface area contributed by atoms with Gasteiger partial charge in [-0.3, -0.25) is 0 Å². The lowest BCUT2D eigenvalue weighted by molar-refractivity contribution is 0.475. The molecule has 0 atom stereocenters. The van der Waals surface area contributed by atoms with Crippen molar-refractivity contribution in [2.75, 3.05) is 0 Å². The van der Waals surface area contributed by atoms with Gasteiger partial charge in [0.15, 0.2) is 0 Å². The van der Waals surface area contributed by atoms with Gasteiger partial charge in [-0.15, -0.1) is 0 Å². The predicted molar refractivity (Wildman–Crippen MR) is 77.3 cm³/mol. The number of phenols is 1. The largest absolute Gasteiger partial charge is 0.508 e. The van der Waals surface area contributed by atoms with Crippen molar-refractivity contribution < 1.29 is 9.52 Å². The van der Waals surface area contributed by atoms with Gasteiger partial charge < -0.3 is 9.52 Å². The molecule has 0 fully saturated rings. The topological polar surface area (TPSA) is 50.4 Å². The maximum Gasteiger partial charge on any atom is 0.344 e. The summed E-state index contributed by atoms with van der Waals surface area (Å²) in [5.74, 6) is 0.142. The maximum atomic E-state index is 12.0. The summed E-state index contributed by atoms with van der Waals surface area (Å²) in [6.45, 7) is 0. The lowest BCUT2D eigenvalue weighted by Gasteiger charge is -2.03. The molecule has 0 unspecified atom stereocenters. The Morgan fingerprint density at radius 3 is 2.47 bits per heavy atom. The third-order valence-electron chi connectivity index (χ3n) is 2.87. The van der Waals surface area contributed by atoms with Gasteiger partial charge in [0.1, 0.15) is 11.3 Å². The number of aromatic hydroxyl groups is 1. The van der Waals surface area contributed by atoms with Gasteiger partial charge in [-0.1, -0.05) is 28.1 Å². The molecule has 19 heavy (non-hydrogen) atoms. The van der Waals surface area contributed by atoms with Gasteiger partial charge in [-0.2, -0.15) is 0 Å². The van der Waals surface area contributed by atoms with Crippen LogP contribution in [-0.2, 0) is 0 Å². The molecule has 3 nitrogen and oxygen atoms in total. The third-order valence-corrected chi connectivity index (χ3v) is 3.40. The molecule has 0 saturated carbocycles. The minimum Gasteiger partial charge on any atom is -0.508 e. The summed E-state index contributed by atoms with van der Waals surface area (Å²) >= 11 is 3.35. The van der Waals surface area contributed by atoms with E-state index in [9.17, 15) is 9.90 Å². The fourth-order valence-corrected chi connectivity index (χ4v) is 2.21. The van der Waals surface area contributed by atoms with Crippen LogP contribution in [0.5, 0.6) is 5.75 Å². The zero-order valence-electron chi connectivity index (χ0n) is 9.76. The summed E-state index contributed by atoms with van der Waals surface area (Å²) in [4.78, 5) is 12.0. The van der Waals surface area contributed by atoms with Crippen LogP contribution in [0.1, 0.15) is 0 Å². The predicted octanol–water partition coefficient (Wildman–Crippen LogP) is 3.93. The average molecular weight is 317 g/mol. The Hall–Kier alpha value is -2.07. The normalized spacial score (nSPS) is 10.8. The molecule has 0 amide bonds. The van der Waals surface area contributed by atoms with Gasteiger partial charge in [0.05, 0.1) is 5.56 Å². The van der Waals surface area contributed by atoms with Gasteiger partial charge >= 0.3 is 5.63 Å². The van der Waals surface area contributed by atoms with Gasteiger partial charge in [-0.05, 0) is 42.0 Å². The Kier molecular flexibility index (Phi) is 2.87. The smallest absolute Gasteiger partial charge is 0.344 e. The third kappa shape index (κ3) is 2.27. The average Bonchev–Trinajstić information content (AvgIpc) is 2.40. The van der Waals surface area contributed by atoms with Crippen LogP contribution in [0, 0.1) is 0 Å². The van der Waals surface area contributed by atoms with Crippen LogP contribution in [0.3, 0.4) is 0 Å². The van der Waals surface area contributed by atoms with Crippen LogP contribution in [0.2, 0.25) is 0 Å². The molecule has 0 aliphatic rings. The number of halogens is 1. The Balaban J connectivity index is 2.26. The van der Waals surface area contributed by atoms with E-state index in [2.05, 4.69) is 15.9 Å². The quantitative estimate of drug-likeness (QED) is 0.692. The SMILES string of the molecule is O=c1oc2ccc(O)cc2cc1-c1ccc(Br)cc1. The van der Waals surface area contributed by atoms with E-state index in [-0.39, 0.29) is 11.4 Å². The second-order valence-corrected chi connectivity index (χ2v) is 5.09. The summed E-state index contributed by atoms with van der Waals surface area (Å²) in [6.07, 6.45) is 0. The molecular formula is C15H9BrO3. The van der Waals surface area contributed by atoms with Crippen molar-refractivity contribution in [1.29, 1.82) is 0 Å². The van der Waals surface area contributed by atoms with E-state index in [0.29, 0.717) is 16.5 Å². The van der Waals surface area contributed by atoms with Crippen molar-refractivity contribution in [2.45, 2.75) is 0 Å². The fraction of sp³-hybridized carbons (Fsp3) is 0. The Bertz CT molecular complexity index is 804. The second-order valence-electron chi connectivity index (χ2n) is 4.18. The molecule has 0 aliphatic heterocycles. The van der Waals surface area contributed by atoms with Gasteiger partial charge in [-0.25, -0.2) is 4.79 Å². The molecule has 94 valence electrons. The molecule has 0 aliphatic carbocycles. The van der Waals surface area contributed by atoms with Crippen molar-refractivity contribution in [3.8, 4) is 16.9 Å². The molecule has 0 spiro atoms. The minimum absolute atomic E-state index is 0.142. The number of benzene rings is 2. The van der Waals surface area contributed by atoms with E-state index >= 15 is 0 Å². The minimum atomic E-state index is -0.388. The molecule has 1 aromatic heterocycles. The Labute approximate surface area is 117 Å². The number of hydrogen-bond acceptors (Lipinski definition) is 3. The summed E-state index contributed by atoms with van der Waals surface area (Å²) < 4.78 is 6.20. The summed E-state index contributed by atoms with van der Waals surface area (Å²) in [6, 6.07) is 13.8. The molecule has 3 aromatic rings. The first-order chi connectivity index (χ1) is 9.13. The Morgan fingerprint density at radius 1 is 1.00 bits per heavy atom. The number of hydrogen-bond donors (Lipinski definition) is 1. The molecule has 3 rings (SSSR count). The van der Waals surface area contributed by atoms with Gasteiger partial charge in [0, 0.05) is 9.86 Å². The van der Waals surface area contributed by atoms with Crippen LogP contribution >= 0.6 is 15.9 Å². The van der Waals surface area contributed by atoms with Crippen LogP contribution in [0.25, 0.3) is 22.1 Å². The maximum absolute atomic E-state index is 12.0. The molecule has 1 N–H and O–H groups in total. The van der Waals surface area contributed by atoms with Gasteiger partial charge in [0.25, 0.3) is 0 Å². The Morgan fingerprint density at radius 2 is 1.74 bits per heavy atom. The van der Waals surface area contributed by atoms with E-state index in [0.717, 1.165) is 10.0 Å². The van der Waals surface area contributed by atoms with E-state index in [1.807, 2.05) is 24.3 Å². The van der Waals surface area contributed by atoms with E-state index in [1.165, 1.54) is 6.07 Å². The van der Waals surface area contributed by atoms with Crippen LogP contribution < -0.4 is 5.63 Å². The number of phenolic OH excluding ortho intramolecular Hbond substituents is 1. The van der Waals surface area contributed by atoms with Crippen molar-refractivity contribution in [1.82, 2.24) is 0 Å². The lowest BCUT2D eigenvalue weighted by Crippen LogP contribution is -2.02. The van der Waals surface area contributed by atoms with Crippen molar-refractivity contribution >= 4 is 26.9 Å². The molecule has 4 heteroatoms. The van der Waals surface area contributed by atoms with Crippen LogP contribution in [0.15, 0.2) is 62.2 Å². The fourth-order valence-electron chi connectivity index (χ4n) is 1.94. The summed E-state index contributed by atoms with van der Waals surface area (Å²) in [7, 11) is 0. The van der Waals surface area contributed by atoms with Crippen molar-refractivity contribution in [3.63, 3.8) is 0 Å². The molecule has 0 radical (unpaired) electrons. The van der Waals surface area contributed by atoms with E-state index in [4.69, 9.17) is 4.42 Å². The lowest BCUT2D eigenvalue weighted by atomic mass is 10.1. The van der Waals surface area contributed by atoms with Gasteiger partial charge in [0.2, 0.25) is 0 Å². The van der Waals surface area contributed by atoms with Crippen molar-refractivity contribution in [2.24, 2.45) is 0 Å². The van der Waals surface area contributed by atoms with Crippen molar-refractivity contribution in [3.05, 3.63) is 63.4 Å². The zero-order valence-corrected chi connectivity index (χ0v) is 11.3. The first kappa shape index (κ1) is 12.0. The summed E-state index contributed by atoms with van der Waals surface area (Å²) in [5.41, 5.74) is 1.33. The second kappa shape index (κ2) is 4.55. The monoisotopic (exact) mass is 316 g/mol. The van der Waals surface area contributed by atoms with Crippen LogP contribution in [0.4, 0.5) is 0 Å². The van der Waals surface area contributed by atoms with E-state index < -0.39 is 0 Å². The molecular weight excluding hydrogens is 308 g/mol. The molecule has 2 aromatic carbocycles. The highest BCUT2D eigenvalue weighted by Gasteiger charge is 2.08. The first-order valence-electron chi connectivity index (χ1n) is 5.66. The highest BCUT2D eigenvalue weighted by Crippen LogP contribution is 2.24. The van der Waals surface area contributed by atoms with E-state index in [1.54, 1.807) is 18.2 Å². The summed E-state index contributed by atoms with van der Waals surface area (Å²) in [5, 5.41) is 10.2. The highest BCUT2D eigenvalue weighted by atomic mass is 79.9. The molecule has 0 saturated heterocycles. The highest BCUT2D eigenvalue weighted by molar-refractivity contribution is 9.10. The molecule has 1 heterocycles. The molecule has 0 bridgehead atoms. The number of fused-ring (bicyclic) bond motifs is 1. The zero-order chi connectivity index (χ0) is 13.4. The first-order valence-corrected chi connectivity index (χ1v) is 6.45.